The van der Waals surface area contributed by atoms with Crippen LogP contribution in [0, 0.1) is 12.7 Å². The van der Waals surface area contributed by atoms with E-state index in [4.69, 9.17) is 11.6 Å². The van der Waals surface area contributed by atoms with Crippen molar-refractivity contribution in [1.82, 2.24) is 20.2 Å². The summed E-state index contributed by atoms with van der Waals surface area (Å²) >= 11 is 5.87. The second-order valence-electron chi connectivity index (χ2n) is 5.18. The molecule has 122 valence electrons. The standard InChI is InChI=1S/C16H13ClFN5O/c1-10-2-4-11(5-3-10)16-20-22-23(21-16)9-15(24)19-14-7-6-12(18)8-13(14)17/h2-8H,9H2,1H3,(H,19,24). The van der Waals surface area contributed by atoms with Crippen LogP contribution in [0.3, 0.4) is 0 Å². The second-order valence-corrected chi connectivity index (χ2v) is 5.59. The van der Waals surface area contributed by atoms with Gasteiger partial charge in [-0.05, 0) is 30.3 Å². The van der Waals surface area contributed by atoms with Gasteiger partial charge in [0.05, 0.1) is 10.7 Å². The Morgan fingerprint density at radius 1 is 1.25 bits per heavy atom. The molecule has 1 aromatic heterocycles. The molecule has 0 bridgehead atoms. The minimum absolute atomic E-state index is 0.121. The van der Waals surface area contributed by atoms with Crippen molar-refractivity contribution in [2.24, 2.45) is 0 Å². The van der Waals surface area contributed by atoms with Gasteiger partial charge in [-0.25, -0.2) is 4.39 Å². The lowest BCUT2D eigenvalue weighted by Crippen LogP contribution is -2.20. The molecule has 0 fully saturated rings. The van der Waals surface area contributed by atoms with E-state index < -0.39 is 11.7 Å². The molecule has 24 heavy (non-hydrogen) atoms. The zero-order valence-electron chi connectivity index (χ0n) is 12.7. The molecule has 3 aromatic rings. The van der Waals surface area contributed by atoms with Gasteiger partial charge >= 0.3 is 0 Å². The molecule has 3 rings (SSSR count). The number of nitrogens with one attached hydrogen (secondary N) is 1. The molecule has 0 spiro atoms. The maximum atomic E-state index is 13.0. The third-order valence-electron chi connectivity index (χ3n) is 3.25. The molecule has 2 aromatic carbocycles. The van der Waals surface area contributed by atoms with E-state index in [1.54, 1.807) is 0 Å². The Labute approximate surface area is 142 Å². The smallest absolute Gasteiger partial charge is 0.248 e. The molecule has 6 nitrogen and oxygen atoms in total. The first-order valence-corrected chi connectivity index (χ1v) is 7.49. The van der Waals surface area contributed by atoms with Crippen LogP contribution >= 0.6 is 11.6 Å². The average molecular weight is 346 g/mol. The minimum atomic E-state index is -0.473. The molecular weight excluding hydrogens is 333 g/mol. The first kappa shape index (κ1) is 16.1. The van der Waals surface area contributed by atoms with E-state index in [0.717, 1.165) is 17.2 Å². The maximum absolute atomic E-state index is 13.0. The highest BCUT2D eigenvalue weighted by Gasteiger charge is 2.11. The number of hydrogen-bond donors (Lipinski definition) is 1. The van der Waals surface area contributed by atoms with Crippen molar-refractivity contribution in [3.05, 3.63) is 58.9 Å². The van der Waals surface area contributed by atoms with Gasteiger partial charge in [-0.1, -0.05) is 41.4 Å². The number of hydrogen-bond acceptors (Lipinski definition) is 4. The number of benzene rings is 2. The lowest BCUT2D eigenvalue weighted by molar-refractivity contribution is -0.117. The van der Waals surface area contributed by atoms with Gasteiger partial charge in [-0.15, -0.1) is 10.2 Å². The number of carbonyl (C=O) groups is 1. The molecular formula is C16H13ClFN5O. The fraction of sp³-hybridized carbons (Fsp3) is 0.125. The maximum Gasteiger partial charge on any atom is 0.248 e. The Bertz CT molecular complexity index is 878. The van der Waals surface area contributed by atoms with E-state index in [-0.39, 0.29) is 11.6 Å². The Hall–Kier alpha value is -2.80. The van der Waals surface area contributed by atoms with Gasteiger partial charge in [0.1, 0.15) is 12.4 Å². The van der Waals surface area contributed by atoms with Gasteiger partial charge in [0.25, 0.3) is 0 Å². The highest BCUT2D eigenvalue weighted by Crippen LogP contribution is 2.22. The van der Waals surface area contributed by atoms with Crippen molar-refractivity contribution >= 4 is 23.2 Å². The number of aryl methyl sites for hydroxylation is 1. The van der Waals surface area contributed by atoms with Crippen LogP contribution in [0.5, 0.6) is 0 Å². The number of rotatable bonds is 4. The van der Waals surface area contributed by atoms with Crippen LogP contribution < -0.4 is 5.32 Å². The molecule has 0 saturated heterocycles. The number of anilines is 1. The number of carbonyl (C=O) groups excluding carboxylic acids is 1. The van der Waals surface area contributed by atoms with Crippen LogP contribution in [0.1, 0.15) is 5.56 Å². The molecule has 1 amide bonds. The average Bonchev–Trinajstić information content (AvgIpc) is 2.99. The van der Waals surface area contributed by atoms with Gasteiger partial charge in [0, 0.05) is 5.56 Å². The van der Waals surface area contributed by atoms with E-state index in [2.05, 4.69) is 20.7 Å². The first-order valence-electron chi connectivity index (χ1n) is 7.11. The van der Waals surface area contributed by atoms with Crippen molar-refractivity contribution < 1.29 is 9.18 Å². The predicted octanol–water partition coefficient (Wildman–Crippen LogP) is 3.08. The molecule has 0 atom stereocenters. The van der Waals surface area contributed by atoms with Crippen LogP contribution in [-0.2, 0) is 11.3 Å². The number of tetrazole rings is 1. The molecule has 1 heterocycles. The zero-order valence-corrected chi connectivity index (χ0v) is 13.5. The molecule has 0 saturated carbocycles. The molecule has 0 aliphatic carbocycles. The summed E-state index contributed by atoms with van der Waals surface area (Å²) in [5, 5.41) is 14.7. The second kappa shape index (κ2) is 6.76. The van der Waals surface area contributed by atoms with Crippen LogP contribution in [0.15, 0.2) is 42.5 Å². The highest BCUT2D eigenvalue weighted by molar-refractivity contribution is 6.33. The van der Waals surface area contributed by atoms with Crippen molar-refractivity contribution in [2.75, 3.05) is 5.32 Å². The summed E-state index contributed by atoms with van der Waals surface area (Å²) in [4.78, 5) is 13.2. The predicted molar refractivity (Wildman–Crippen MR) is 88.0 cm³/mol. The normalized spacial score (nSPS) is 10.6. The Morgan fingerprint density at radius 3 is 2.71 bits per heavy atom. The van der Waals surface area contributed by atoms with E-state index >= 15 is 0 Å². The van der Waals surface area contributed by atoms with Crippen LogP contribution in [-0.4, -0.2) is 26.1 Å². The summed E-state index contributed by atoms with van der Waals surface area (Å²) in [6, 6.07) is 11.4. The van der Waals surface area contributed by atoms with Crippen molar-refractivity contribution in [1.29, 1.82) is 0 Å². The zero-order chi connectivity index (χ0) is 17.1. The Morgan fingerprint density at radius 2 is 2.00 bits per heavy atom. The van der Waals surface area contributed by atoms with Crippen LogP contribution in [0.2, 0.25) is 5.02 Å². The Kier molecular flexibility index (Phi) is 4.52. The van der Waals surface area contributed by atoms with E-state index in [9.17, 15) is 9.18 Å². The van der Waals surface area contributed by atoms with E-state index in [0.29, 0.717) is 11.5 Å². The lowest BCUT2D eigenvalue weighted by Gasteiger charge is -2.06. The van der Waals surface area contributed by atoms with Crippen LogP contribution in [0.25, 0.3) is 11.4 Å². The quantitative estimate of drug-likeness (QED) is 0.788. The summed E-state index contributed by atoms with van der Waals surface area (Å²) in [7, 11) is 0. The summed E-state index contributed by atoms with van der Waals surface area (Å²) < 4.78 is 13.0. The SMILES string of the molecule is Cc1ccc(-c2nnn(CC(=O)Nc3ccc(F)cc3Cl)n2)cc1. The highest BCUT2D eigenvalue weighted by atomic mass is 35.5. The molecule has 1 N–H and O–H groups in total. The number of amides is 1. The van der Waals surface area contributed by atoms with Gasteiger partial charge in [-0.3, -0.25) is 4.79 Å². The molecule has 8 heteroatoms. The fourth-order valence-electron chi connectivity index (χ4n) is 2.04. The molecule has 0 radical (unpaired) electrons. The minimum Gasteiger partial charge on any atom is -0.323 e. The number of aromatic nitrogens is 4. The van der Waals surface area contributed by atoms with E-state index in [1.165, 1.54) is 16.9 Å². The third-order valence-corrected chi connectivity index (χ3v) is 3.57. The van der Waals surface area contributed by atoms with Crippen molar-refractivity contribution in [3.8, 4) is 11.4 Å². The lowest BCUT2D eigenvalue weighted by atomic mass is 10.1. The largest absolute Gasteiger partial charge is 0.323 e. The van der Waals surface area contributed by atoms with Gasteiger partial charge in [0.15, 0.2) is 0 Å². The van der Waals surface area contributed by atoms with Crippen LogP contribution in [0.4, 0.5) is 10.1 Å². The Balaban J connectivity index is 1.68. The summed E-state index contributed by atoms with van der Waals surface area (Å²) in [5.74, 6) is -0.433. The van der Waals surface area contributed by atoms with Gasteiger partial charge in [-0.2, -0.15) is 4.80 Å². The first-order chi connectivity index (χ1) is 11.5. The van der Waals surface area contributed by atoms with E-state index in [1.807, 2.05) is 31.2 Å². The fourth-order valence-corrected chi connectivity index (χ4v) is 2.25. The molecule has 0 aliphatic rings. The third kappa shape index (κ3) is 3.75. The summed E-state index contributed by atoms with van der Waals surface area (Å²) in [6.45, 7) is 1.85. The topological polar surface area (TPSA) is 72.7 Å². The summed E-state index contributed by atoms with van der Waals surface area (Å²) in [5.41, 5.74) is 2.26. The monoisotopic (exact) mass is 345 g/mol. The number of nitrogens with zero attached hydrogens (tertiary/aromatic N) is 4. The van der Waals surface area contributed by atoms with Crippen molar-refractivity contribution in [3.63, 3.8) is 0 Å². The summed E-state index contributed by atoms with van der Waals surface area (Å²) in [6.07, 6.45) is 0. The van der Waals surface area contributed by atoms with Gasteiger partial charge in [0.2, 0.25) is 11.7 Å². The van der Waals surface area contributed by atoms with Crippen molar-refractivity contribution in [2.45, 2.75) is 13.5 Å². The number of halogens is 2. The van der Waals surface area contributed by atoms with Gasteiger partial charge < -0.3 is 5.32 Å². The molecule has 0 unspecified atom stereocenters. The molecule has 0 aliphatic heterocycles.